The van der Waals surface area contributed by atoms with Gasteiger partial charge in [0.2, 0.25) is 0 Å². The first-order chi connectivity index (χ1) is 9.73. The van der Waals surface area contributed by atoms with Crippen molar-refractivity contribution < 1.29 is 14.3 Å². The second-order valence-electron chi connectivity index (χ2n) is 4.28. The van der Waals surface area contributed by atoms with Gasteiger partial charge in [-0.2, -0.15) is 0 Å². The average Bonchev–Trinajstić information content (AvgIpc) is 2.53. The van der Waals surface area contributed by atoms with Gasteiger partial charge in [-0.1, -0.05) is 36.4 Å². The van der Waals surface area contributed by atoms with E-state index in [9.17, 15) is 4.79 Å². The lowest BCUT2D eigenvalue weighted by Crippen LogP contribution is -2.31. The number of hydrogen-bond acceptors (Lipinski definition) is 3. The Morgan fingerprint density at radius 2 is 2.05 bits per heavy atom. The molecule has 0 aromatic heterocycles. The molecule has 2 rings (SSSR count). The van der Waals surface area contributed by atoms with Crippen molar-refractivity contribution in [3.05, 3.63) is 66.1 Å². The minimum absolute atomic E-state index is 0.381. The first kappa shape index (κ1) is 14.8. The van der Waals surface area contributed by atoms with Crippen molar-refractivity contribution >= 4 is 17.6 Å². The molecule has 4 heteroatoms. The highest BCUT2D eigenvalue weighted by Crippen LogP contribution is 2.35. The van der Waals surface area contributed by atoms with Gasteiger partial charge in [-0.3, -0.25) is 0 Å². The maximum Gasteiger partial charge on any atom is 0.338 e. The molecule has 1 radical (unpaired) electrons. The van der Waals surface area contributed by atoms with Crippen molar-refractivity contribution in [1.29, 1.82) is 0 Å². The molecule has 20 heavy (non-hydrogen) atoms. The van der Waals surface area contributed by atoms with Crippen LogP contribution in [0.1, 0.15) is 15.9 Å². The van der Waals surface area contributed by atoms with E-state index < -0.39 is 5.60 Å². The van der Waals surface area contributed by atoms with Crippen molar-refractivity contribution in [1.82, 2.24) is 0 Å². The van der Waals surface area contributed by atoms with Crippen molar-refractivity contribution in [3.8, 4) is 0 Å². The first-order valence-corrected chi connectivity index (χ1v) is 6.85. The van der Waals surface area contributed by atoms with E-state index in [1.165, 1.54) is 7.11 Å². The maximum absolute atomic E-state index is 11.9. The van der Waals surface area contributed by atoms with Crippen molar-refractivity contribution in [2.75, 3.05) is 19.6 Å². The summed E-state index contributed by atoms with van der Waals surface area (Å²) in [5.41, 5.74) is 0.451. The first-order valence-electron chi connectivity index (χ1n) is 6.31. The standard InChI is InChI=1S/C16H16ClO3/c1-19-15(18)13-7-3-4-8-14(13)16(20-12-11-17)9-5-2-6-10-16/h2-10H,11-12H2,1H3. The number of carbonyl (C=O) groups is 1. The quantitative estimate of drug-likeness (QED) is 0.617. The van der Waals surface area contributed by atoms with Gasteiger partial charge in [-0.05, 0) is 12.1 Å². The fraction of sp³-hybridized carbons (Fsp3) is 0.250. The van der Waals surface area contributed by atoms with Gasteiger partial charge in [-0.25, -0.2) is 4.79 Å². The fourth-order valence-corrected chi connectivity index (χ4v) is 2.27. The molecule has 0 N–H and O–H groups in total. The summed E-state index contributed by atoms with van der Waals surface area (Å²) in [6.45, 7) is 0.381. The molecule has 105 valence electrons. The summed E-state index contributed by atoms with van der Waals surface area (Å²) < 4.78 is 10.7. The lowest BCUT2D eigenvalue weighted by Gasteiger charge is -2.32. The maximum atomic E-state index is 11.9. The van der Waals surface area contributed by atoms with E-state index in [1.54, 1.807) is 12.1 Å². The Bertz CT molecular complexity index is 536. The van der Waals surface area contributed by atoms with Gasteiger partial charge in [0.05, 0.1) is 19.3 Å². The number of alkyl halides is 1. The van der Waals surface area contributed by atoms with Crippen molar-refractivity contribution in [2.45, 2.75) is 5.60 Å². The Kier molecular flexibility index (Phi) is 4.99. The number of allylic oxidation sites excluding steroid dienone is 2. The molecule has 0 heterocycles. The van der Waals surface area contributed by atoms with Crippen LogP contribution in [0.4, 0.5) is 0 Å². The van der Waals surface area contributed by atoms with E-state index in [2.05, 4.69) is 0 Å². The van der Waals surface area contributed by atoms with E-state index in [0.717, 1.165) is 5.56 Å². The zero-order valence-corrected chi connectivity index (χ0v) is 12.0. The average molecular weight is 292 g/mol. The number of benzene rings is 1. The summed E-state index contributed by atoms with van der Waals surface area (Å²) in [5.74, 6) is -0.00104. The van der Waals surface area contributed by atoms with E-state index >= 15 is 0 Å². The van der Waals surface area contributed by atoms with Crippen LogP contribution < -0.4 is 0 Å². The van der Waals surface area contributed by atoms with Gasteiger partial charge in [0.1, 0.15) is 5.60 Å². The molecule has 0 fully saturated rings. The fourth-order valence-electron chi connectivity index (χ4n) is 2.19. The summed E-state index contributed by atoms with van der Waals surface area (Å²) in [5, 5.41) is 0. The molecule has 0 saturated heterocycles. The van der Waals surface area contributed by atoms with E-state index in [1.807, 2.05) is 42.9 Å². The summed E-state index contributed by atoms with van der Waals surface area (Å²) in [7, 11) is 1.37. The van der Waals surface area contributed by atoms with Gasteiger partial charge >= 0.3 is 5.97 Å². The van der Waals surface area contributed by atoms with Crippen LogP contribution >= 0.6 is 11.6 Å². The third-order valence-electron chi connectivity index (χ3n) is 3.08. The third-order valence-corrected chi connectivity index (χ3v) is 3.24. The molecule has 1 unspecified atom stereocenters. The predicted octanol–water partition coefficient (Wildman–Crippen LogP) is 3.25. The number of carbonyl (C=O) groups excluding carboxylic acids is 1. The van der Waals surface area contributed by atoms with Crippen LogP contribution in [-0.2, 0) is 15.1 Å². The Labute approximate surface area is 123 Å². The van der Waals surface area contributed by atoms with Crippen molar-refractivity contribution in [3.63, 3.8) is 0 Å². The number of halogens is 1. The van der Waals surface area contributed by atoms with Crippen LogP contribution in [0.3, 0.4) is 0 Å². The second-order valence-corrected chi connectivity index (χ2v) is 4.66. The van der Waals surface area contributed by atoms with Crippen LogP contribution in [0.25, 0.3) is 0 Å². The van der Waals surface area contributed by atoms with Crippen molar-refractivity contribution in [2.24, 2.45) is 0 Å². The van der Waals surface area contributed by atoms with Gasteiger partial charge in [0, 0.05) is 17.9 Å². The van der Waals surface area contributed by atoms with Crippen LogP contribution in [0.5, 0.6) is 0 Å². The zero-order chi connectivity index (χ0) is 14.4. The molecular weight excluding hydrogens is 276 g/mol. The highest BCUT2D eigenvalue weighted by Gasteiger charge is 2.34. The third kappa shape index (κ3) is 2.94. The molecule has 0 bridgehead atoms. The minimum Gasteiger partial charge on any atom is -0.465 e. The molecule has 3 nitrogen and oxygen atoms in total. The lowest BCUT2D eigenvalue weighted by atomic mass is 9.84. The van der Waals surface area contributed by atoms with Crippen LogP contribution in [-0.4, -0.2) is 25.6 Å². The Hall–Kier alpha value is -1.58. The molecule has 1 aromatic carbocycles. The largest absolute Gasteiger partial charge is 0.465 e. The molecule has 1 atom stereocenters. The summed E-state index contributed by atoms with van der Waals surface area (Å²) in [4.78, 5) is 11.9. The molecular formula is C16H16ClO3. The second kappa shape index (κ2) is 6.73. The van der Waals surface area contributed by atoms with E-state index in [4.69, 9.17) is 21.1 Å². The zero-order valence-electron chi connectivity index (χ0n) is 11.2. The molecule has 0 aliphatic heterocycles. The monoisotopic (exact) mass is 291 g/mol. The molecule has 0 amide bonds. The van der Waals surface area contributed by atoms with Crippen LogP contribution in [0.15, 0.2) is 48.6 Å². The van der Waals surface area contributed by atoms with Gasteiger partial charge in [0.25, 0.3) is 0 Å². The van der Waals surface area contributed by atoms with E-state index in [0.29, 0.717) is 18.1 Å². The molecule has 1 aromatic rings. The molecule has 0 saturated carbocycles. The van der Waals surface area contributed by atoms with Gasteiger partial charge < -0.3 is 9.47 Å². The van der Waals surface area contributed by atoms with Gasteiger partial charge in [-0.15, -0.1) is 11.6 Å². The Morgan fingerprint density at radius 1 is 1.25 bits per heavy atom. The minimum atomic E-state index is -0.783. The SMILES string of the molecule is COC(=O)c1ccccc1C1(OCCCl)[CH]C=CC=C1. The Balaban J connectivity index is 2.46. The van der Waals surface area contributed by atoms with E-state index in [-0.39, 0.29) is 5.97 Å². The number of methoxy groups -OCH3 is 1. The number of hydrogen-bond donors (Lipinski definition) is 0. The van der Waals surface area contributed by atoms with Crippen LogP contribution in [0, 0.1) is 6.42 Å². The smallest absolute Gasteiger partial charge is 0.338 e. The summed E-state index contributed by atoms with van der Waals surface area (Å²) >= 11 is 5.73. The van der Waals surface area contributed by atoms with Crippen LogP contribution in [0.2, 0.25) is 0 Å². The normalized spacial score (nSPS) is 20.9. The summed E-state index contributed by atoms with van der Waals surface area (Å²) in [6.07, 6.45) is 9.50. The number of rotatable bonds is 5. The topological polar surface area (TPSA) is 35.5 Å². The highest BCUT2D eigenvalue weighted by molar-refractivity contribution is 6.17. The summed E-state index contributed by atoms with van der Waals surface area (Å²) in [6, 6.07) is 7.26. The molecule has 0 spiro atoms. The molecule has 1 aliphatic carbocycles. The lowest BCUT2D eigenvalue weighted by molar-refractivity contribution is 0.0229. The molecule has 1 aliphatic rings. The number of ether oxygens (including phenoxy) is 2. The predicted molar refractivity (Wildman–Crippen MR) is 78.7 cm³/mol. The highest BCUT2D eigenvalue weighted by atomic mass is 35.5. The van der Waals surface area contributed by atoms with Gasteiger partial charge in [0.15, 0.2) is 0 Å². The Morgan fingerprint density at radius 3 is 2.70 bits per heavy atom. The number of esters is 1.